The van der Waals surface area contributed by atoms with Gasteiger partial charge in [-0.25, -0.2) is 0 Å². The van der Waals surface area contributed by atoms with E-state index in [2.05, 4.69) is 10.5 Å². The zero-order valence-corrected chi connectivity index (χ0v) is 13.5. The number of nitrogens with zero attached hydrogens (tertiary/aromatic N) is 2. The maximum atomic E-state index is 12.8. The number of ketones is 1. The summed E-state index contributed by atoms with van der Waals surface area (Å²) in [6.45, 7) is 0. The van der Waals surface area contributed by atoms with Crippen LogP contribution in [0.2, 0.25) is 0 Å². The van der Waals surface area contributed by atoms with Crippen LogP contribution in [0, 0.1) is 17.2 Å². The molecule has 2 aromatic rings. The van der Waals surface area contributed by atoms with Gasteiger partial charge in [-0.3, -0.25) is 9.59 Å². The Kier molecular flexibility index (Phi) is 3.82. The number of carbonyl (C=O) groups excluding carboxylic acids is 2. The first-order chi connectivity index (χ1) is 12.7. The van der Waals surface area contributed by atoms with Gasteiger partial charge in [0.25, 0.3) is 0 Å². The number of carbonyl (C=O) groups is 2. The molecule has 1 amide bonds. The molecule has 1 aliphatic heterocycles. The minimum atomic E-state index is -1.50. The third-order valence-corrected chi connectivity index (χ3v) is 4.32. The van der Waals surface area contributed by atoms with Crippen molar-refractivity contribution in [1.82, 2.24) is 0 Å². The number of nitrogens with one attached hydrogen (secondary N) is 1. The van der Waals surface area contributed by atoms with Gasteiger partial charge in [0.05, 0.1) is 6.07 Å². The molecule has 1 aliphatic carbocycles. The molecule has 0 saturated heterocycles. The van der Waals surface area contributed by atoms with E-state index in [0.717, 1.165) is 11.1 Å². The van der Waals surface area contributed by atoms with Crippen molar-refractivity contribution in [2.75, 3.05) is 5.32 Å². The van der Waals surface area contributed by atoms with Crippen LogP contribution in [0.3, 0.4) is 0 Å². The van der Waals surface area contributed by atoms with E-state index in [1.54, 1.807) is 36.4 Å². The van der Waals surface area contributed by atoms with Crippen LogP contribution in [0.1, 0.15) is 17.2 Å². The van der Waals surface area contributed by atoms with Crippen molar-refractivity contribution >= 4 is 29.2 Å². The van der Waals surface area contributed by atoms with Gasteiger partial charge in [0.1, 0.15) is 0 Å². The summed E-state index contributed by atoms with van der Waals surface area (Å²) in [5.41, 5.74) is 2.98. The van der Waals surface area contributed by atoms with Crippen LogP contribution in [0.15, 0.2) is 65.3 Å². The Morgan fingerprint density at radius 1 is 1.12 bits per heavy atom. The van der Waals surface area contributed by atoms with Gasteiger partial charge >= 0.3 is 0 Å². The SMILES string of the molecule is N#CC(C(=O)Nc1ccccc1)C(=O)C1=NOC2C1=Cc1ccccc12. The molecule has 0 radical (unpaired) electrons. The zero-order chi connectivity index (χ0) is 18.1. The second-order valence-corrected chi connectivity index (χ2v) is 5.94. The van der Waals surface area contributed by atoms with Gasteiger partial charge in [0.2, 0.25) is 11.7 Å². The summed E-state index contributed by atoms with van der Waals surface area (Å²) in [5.74, 6) is -2.85. The average molecular weight is 343 g/mol. The molecule has 0 spiro atoms. The number of fused-ring (bicyclic) bond motifs is 3. The van der Waals surface area contributed by atoms with Crippen LogP contribution in [0.25, 0.3) is 6.08 Å². The summed E-state index contributed by atoms with van der Waals surface area (Å²) in [5, 5.41) is 15.8. The van der Waals surface area contributed by atoms with E-state index >= 15 is 0 Å². The monoisotopic (exact) mass is 343 g/mol. The van der Waals surface area contributed by atoms with Crippen LogP contribution in [0.4, 0.5) is 5.69 Å². The Morgan fingerprint density at radius 3 is 2.62 bits per heavy atom. The average Bonchev–Trinajstić information content (AvgIpc) is 3.22. The molecule has 126 valence electrons. The number of rotatable bonds is 4. The molecule has 0 bridgehead atoms. The van der Waals surface area contributed by atoms with Gasteiger partial charge in [-0.15, -0.1) is 0 Å². The smallest absolute Gasteiger partial charge is 0.249 e. The molecular weight excluding hydrogens is 330 g/mol. The fourth-order valence-corrected chi connectivity index (χ4v) is 3.05. The van der Waals surface area contributed by atoms with Gasteiger partial charge < -0.3 is 10.2 Å². The Bertz CT molecular complexity index is 1000. The maximum absolute atomic E-state index is 12.8. The molecule has 4 rings (SSSR count). The molecule has 1 N–H and O–H groups in total. The Hall–Kier alpha value is -3.72. The van der Waals surface area contributed by atoms with Crippen molar-refractivity contribution in [1.29, 1.82) is 5.26 Å². The van der Waals surface area contributed by atoms with Crippen LogP contribution >= 0.6 is 0 Å². The summed E-state index contributed by atoms with van der Waals surface area (Å²) in [6.07, 6.45) is 1.36. The first-order valence-corrected chi connectivity index (χ1v) is 8.03. The number of Topliss-reactive ketones (excluding diaryl/α,β-unsaturated/α-hetero) is 1. The number of hydrogen-bond donors (Lipinski definition) is 1. The van der Waals surface area contributed by atoms with E-state index in [1.807, 2.05) is 30.3 Å². The first kappa shape index (κ1) is 15.8. The molecule has 0 saturated carbocycles. The topological polar surface area (TPSA) is 91.6 Å². The number of benzene rings is 2. The fourth-order valence-electron chi connectivity index (χ4n) is 3.05. The van der Waals surface area contributed by atoms with Gasteiger partial charge in [-0.1, -0.05) is 47.6 Å². The molecule has 0 aromatic heterocycles. The van der Waals surface area contributed by atoms with Crippen molar-refractivity contribution < 1.29 is 14.4 Å². The van der Waals surface area contributed by atoms with E-state index in [9.17, 15) is 14.9 Å². The summed E-state index contributed by atoms with van der Waals surface area (Å²) in [7, 11) is 0. The van der Waals surface area contributed by atoms with Crippen LogP contribution in [0.5, 0.6) is 0 Å². The largest absolute Gasteiger partial charge is 0.382 e. The lowest BCUT2D eigenvalue weighted by atomic mass is 9.94. The number of para-hydroxylation sites is 1. The molecule has 6 nitrogen and oxygen atoms in total. The third-order valence-electron chi connectivity index (χ3n) is 4.32. The molecule has 2 unspecified atom stereocenters. The molecule has 2 atom stereocenters. The molecule has 2 aliphatic rings. The maximum Gasteiger partial charge on any atom is 0.249 e. The van der Waals surface area contributed by atoms with Crippen LogP contribution in [-0.4, -0.2) is 17.4 Å². The minimum Gasteiger partial charge on any atom is -0.382 e. The van der Waals surface area contributed by atoms with Crippen molar-refractivity contribution in [3.05, 3.63) is 71.3 Å². The van der Waals surface area contributed by atoms with Gasteiger partial charge in [0, 0.05) is 16.8 Å². The van der Waals surface area contributed by atoms with Crippen molar-refractivity contribution in [2.45, 2.75) is 6.10 Å². The van der Waals surface area contributed by atoms with E-state index < -0.39 is 23.7 Å². The van der Waals surface area contributed by atoms with Crippen molar-refractivity contribution in [3.63, 3.8) is 0 Å². The predicted molar refractivity (Wildman–Crippen MR) is 94.9 cm³/mol. The lowest BCUT2D eigenvalue weighted by Crippen LogP contribution is -2.33. The second kappa shape index (κ2) is 6.30. The minimum absolute atomic E-state index is 0.0287. The van der Waals surface area contributed by atoms with Gasteiger partial charge in [-0.2, -0.15) is 5.26 Å². The van der Waals surface area contributed by atoms with E-state index in [1.165, 1.54) is 0 Å². The van der Waals surface area contributed by atoms with E-state index in [0.29, 0.717) is 11.3 Å². The quantitative estimate of drug-likeness (QED) is 0.864. The lowest BCUT2D eigenvalue weighted by molar-refractivity contribution is -0.125. The highest BCUT2D eigenvalue weighted by Gasteiger charge is 2.41. The molecule has 26 heavy (non-hydrogen) atoms. The highest BCUT2D eigenvalue weighted by Crippen LogP contribution is 2.41. The lowest BCUT2D eigenvalue weighted by Gasteiger charge is -2.09. The third kappa shape index (κ3) is 2.56. The highest BCUT2D eigenvalue weighted by atomic mass is 16.6. The molecule has 0 fully saturated rings. The number of oxime groups is 1. The molecule has 6 heteroatoms. The van der Waals surface area contributed by atoms with Crippen LogP contribution in [-0.2, 0) is 14.4 Å². The second-order valence-electron chi connectivity index (χ2n) is 5.94. The summed E-state index contributed by atoms with van der Waals surface area (Å²) >= 11 is 0. The first-order valence-electron chi connectivity index (χ1n) is 8.03. The van der Waals surface area contributed by atoms with E-state index in [-0.39, 0.29) is 5.71 Å². The summed E-state index contributed by atoms with van der Waals surface area (Å²) in [4.78, 5) is 30.5. The molecule has 1 heterocycles. The highest BCUT2D eigenvalue weighted by molar-refractivity contribution is 6.51. The van der Waals surface area contributed by atoms with Crippen molar-refractivity contribution in [3.8, 4) is 6.07 Å². The fraction of sp³-hybridized carbons (Fsp3) is 0.100. The number of amides is 1. The number of nitriles is 1. The van der Waals surface area contributed by atoms with E-state index in [4.69, 9.17) is 4.84 Å². The zero-order valence-electron chi connectivity index (χ0n) is 13.5. The van der Waals surface area contributed by atoms with Gasteiger partial charge in [0.15, 0.2) is 17.7 Å². The standard InChI is InChI=1S/C20H13N3O3/c21-11-16(20(25)22-13-7-2-1-3-8-13)18(24)17-15-10-12-6-4-5-9-14(12)19(15)26-23-17/h1-10,16,19H,(H,22,25). The van der Waals surface area contributed by atoms with Crippen molar-refractivity contribution in [2.24, 2.45) is 11.1 Å². The predicted octanol–water partition coefficient (Wildman–Crippen LogP) is 2.86. The Balaban J connectivity index is 1.56. The number of hydrogen-bond acceptors (Lipinski definition) is 5. The Morgan fingerprint density at radius 2 is 1.85 bits per heavy atom. The molecular formula is C20H13N3O3. The number of anilines is 1. The Labute approximate surface area is 149 Å². The van der Waals surface area contributed by atoms with Gasteiger partial charge in [-0.05, 0) is 23.8 Å². The summed E-state index contributed by atoms with van der Waals surface area (Å²) in [6, 6.07) is 18.0. The molecule has 2 aromatic carbocycles. The normalized spacial score (nSPS) is 17.7. The van der Waals surface area contributed by atoms with Crippen LogP contribution < -0.4 is 5.32 Å². The summed E-state index contributed by atoms with van der Waals surface area (Å²) < 4.78 is 0.